The topological polar surface area (TPSA) is 307 Å². The van der Waals surface area contributed by atoms with Crippen LogP contribution in [0.25, 0.3) is 0 Å². The number of allylic oxidation sites excluding steroid dienone is 10. The van der Waals surface area contributed by atoms with Crippen molar-refractivity contribution in [1.29, 1.82) is 0 Å². The van der Waals surface area contributed by atoms with Crippen LogP contribution in [-0.4, -0.2) is 193 Å². The minimum Gasteiger partial charge on any atom is -0.394 e. The lowest BCUT2D eigenvalue weighted by Crippen LogP contribution is -2.66. The van der Waals surface area contributed by atoms with E-state index in [0.29, 0.717) is 12.8 Å². The molecule has 0 bridgehead atoms. The van der Waals surface area contributed by atoms with Gasteiger partial charge in [-0.25, -0.2) is 0 Å². The van der Waals surface area contributed by atoms with Gasteiger partial charge in [-0.15, -0.1) is 0 Å². The van der Waals surface area contributed by atoms with Gasteiger partial charge in [0.2, 0.25) is 5.91 Å². The van der Waals surface area contributed by atoms with Crippen LogP contribution >= 0.6 is 0 Å². The van der Waals surface area contributed by atoms with Gasteiger partial charge >= 0.3 is 0 Å². The molecule has 0 spiro atoms. The van der Waals surface area contributed by atoms with Crippen molar-refractivity contribution in [1.82, 2.24) is 5.32 Å². The molecule has 17 unspecified atom stereocenters. The van der Waals surface area contributed by atoms with E-state index in [1.165, 1.54) is 57.8 Å². The summed E-state index contributed by atoms with van der Waals surface area (Å²) in [6.07, 6.45) is 21.8. The Labute approximate surface area is 471 Å². The first-order chi connectivity index (χ1) is 38.3. The van der Waals surface area contributed by atoms with Crippen LogP contribution in [0.3, 0.4) is 0 Å². The maximum atomic E-state index is 13.3. The molecule has 19 nitrogen and oxygen atoms in total. The molecule has 3 aliphatic rings. The van der Waals surface area contributed by atoms with Gasteiger partial charge in [0.05, 0.1) is 38.6 Å². The predicted molar refractivity (Wildman–Crippen MR) is 300 cm³/mol. The second-order valence-electron chi connectivity index (χ2n) is 21.4. The Kier molecular flexibility index (Phi) is 38.7. The largest absolute Gasteiger partial charge is 0.394 e. The van der Waals surface area contributed by atoms with Crippen molar-refractivity contribution in [2.24, 2.45) is 0 Å². The van der Waals surface area contributed by atoms with E-state index in [-0.39, 0.29) is 18.9 Å². The minimum absolute atomic E-state index is 0.255. The predicted octanol–water partition coefficient (Wildman–Crippen LogP) is 5.26. The molecule has 19 heteroatoms. The molecular formula is C60H105NO18. The summed E-state index contributed by atoms with van der Waals surface area (Å²) in [5.74, 6) is -0.255. The first-order valence-corrected chi connectivity index (χ1v) is 30.0. The third-order valence-electron chi connectivity index (χ3n) is 14.9. The second-order valence-corrected chi connectivity index (χ2v) is 21.4. The summed E-state index contributed by atoms with van der Waals surface area (Å²) in [6, 6.07) is -0.891. The Morgan fingerprint density at radius 1 is 0.468 bits per heavy atom. The van der Waals surface area contributed by atoms with Crippen LogP contribution in [0.1, 0.15) is 181 Å². The number of carbonyl (C=O) groups excluding carboxylic acids is 1. The lowest BCUT2D eigenvalue weighted by molar-refractivity contribution is -0.379. The molecule has 3 fully saturated rings. The molecule has 17 atom stereocenters. The number of hydrogen-bond acceptors (Lipinski definition) is 18. The number of rotatable bonds is 43. The van der Waals surface area contributed by atoms with E-state index in [1.807, 2.05) is 0 Å². The molecule has 12 N–H and O–H groups in total. The molecular weight excluding hydrogens is 1020 g/mol. The highest BCUT2D eigenvalue weighted by Gasteiger charge is 2.53. The fourth-order valence-corrected chi connectivity index (χ4v) is 9.93. The maximum Gasteiger partial charge on any atom is 0.220 e. The van der Waals surface area contributed by atoms with Crippen molar-refractivity contribution in [3.05, 3.63) is 60.8 Å². The normalized spacial score (nSPS) is 30.7. The molecule has 0 aromatic rings. The second kappa shape index (κ2) is 43.2. The van der Waals surface area contributed by atoms with Crippen LogP contribution in [0.2, 0.25) is 0 Å². The fraction of sp³-hybridized carbons (Fsp3) is 0.817. The smallest absolute Gasteiger partial charge is 0.220 e. The molecule has 0 saturated carbocycles. The van der Waals surface area contributed by atoms with Crippen LogP contribution < -0.4 is 5.32 Å². The quantitative estimate of drug-likeness (QED) is 0.0274. The zero-order chi connectivity index (χ0) is 57.6. The lowest BCUT2D eigenvalue weighted by Gasteiger charge is -2.48. The number of hydrogen-bond donors (Lipinski definition) is 12. The SMILES string of the molecule is CC/C=C\C/C=C\C/C=C\C/C=C\C/C=C\CCCCCCCCCCCC(=O)NC(COC1OC(CO)C(OC2OC(CO)C(OC3OC(CO)C(O)C(O)C3O)C(O)C2O)C(O)C1O)C(O)CCCCCCCCCCC. The summed E-state index contributed by atoms with van der Waals surface area (Å²) in [4.78, 5) is 13.3. The molecule has 0 aromatic heterocycles. The first-order valence-electron chi connectivity index (χ1n) is 30.0. The third-order valence-corrected chi connectivity index (χ3v) is 14.9. The van der Waals surface area contributed by atoms with Crippen molar-refractivity contribution in [2.45, 2.75) is 285 Å². The van der Waals surface area contributed by atoms with Crippen molar-refractivity contribution in [3.63, 3.8) is 0 Å². The summed E-state index contributed by atoms with van der Waals surface area (Å²) in [6.45, 7) is 1.62. The zero-order valence-corrected chi connectivity index (χ0v) is 47.6. The lowest BCUT2D eigenvalue weighted by atomic mass is 9.96. The van der Waals surface area contributed by atoms with E-state index in [4.69, 9.17) is 28.4 Å². The average molecular weight is 1130 g/mol. The highest BCUT2D eigenvalue weighted by atomic mass is 16.8. The number of ether oxygens (including phenoxy) is 6. The summed E-state index contributed by atoms with van der Waals surface area (Å²) in [5.41, 5.74) is 0. The van der Waals surface area contributed by atoms with E-state index >= 15 is 0 Å². The van der Waals surface area contributed by atoms with Crippen LogP contribution in [-0.2, 0) is 33.2 Å². The van der Waals surface area contributed by atoms with Crippen LogP contribution in [0, 0.1) is 0 Å². The highest BCUT2D eigenvalue weighted by molar-refractivity contribution is 5.76. The monoisotopic (exact) mass is 1130 g/mol. The number of amides is 1. The number of nitrogens with one attached hydrogen (secondary N) is 1. The molecule has 0 aliphatic carbocycles. The average Bonchev–Trinajstić information content (AvgIpc) is 3.47. The summed E-state index contributed by atoms with van der Waals surface area (Å²) < 4.78 is 34.2. The molecule has 0 radical (unpaired) electrons. The van der Waals surface area contributed by atoms with Gasteiger partial charge < -0.3 is 89.9 Å². The van der Waals surface area contributed by atoms with Gasteiger partial charge in [-0.05, 0) is 57.8 Å². The van der Waals surface area contributed by atoms with Gasteiger partial charge in [0.1, 0.15) is 73.2 Å². The Morgan fingerprint density at radius 2 is 0.873 bits per heavy atom. The Hall–Kier alpha value is -2.51. The molecule has 3 saturated heterocycles. The van der Waals surface area contributed by atoms with Crippen LogP contribution in [0.15, 0.2) is 60.8 Å². The molecule has 0 aromatic carbocycles. The number of aliphatic hydroxyl groups is 11. The number of carbonyl (C=O) groups is 1. The van der Waals surface area contributed by atoms with Crippen LogP contribution in [0.5, 0.6) is 0 Å². The van der Waals surface area contributed by atoms with Crippen LogP contribution in [0.4, 0.5) is 0 Å². The third kappa shape index (κ3) is 27.2. The van der Waals surface area contributed by atoms with Gasteiger partial charge in [-0.3, -0.25) is 4.79 Å². The Morgan fingerprint density at radius 3 is 1.37 bits per heavy atom. The molecule has 3 rings (SSSR count). The van der Waals surface area contributed by atoms with Crippen molar-refractivity contribution in [3.8, 4) is 0 Å². The minimum atomic E-state index is -1.97. The van der Waals surface area contributed by atoms with E-state index in [9.17, 15) is 61.0 Å². The first kappa shape index (κ1) is 70.8. The van der Waals surface area contributed by atoms with Crippen molar-refractivity contribution >= 4 is 5.91 Å². The standard InChI is InChI=1S/C60H105NO18/c1-3-5-7-9-11-13-14-15-16-17-18-19-20-21-22-23-24-25-26-27-28-30-32-34-36-38-48(66)61-43(44(65)37-35-33-31-29-12-10-8-6-4-2)42-74-58-54(72)51(69)56(46(40-63)76-58)79-60-55(73)52(70)57(47(41-64)77-60)78-59-53(71)50(68)49(67)45(39-62)75-59/h5,7,11,13,15-16,18-19,21-22,43-47,49-60,62-65,67-73H,3-4,6,8-10,12,14,17,20,23-42H2,1-2H3,(H,61,66)/b7-5-,13-11-,16-15-,19-18-,22-21-. The summed E-state index contributed by atoms with van der Waals surface area (Å²) in [5, 5.41) is 120. The van der Waals surface area contributed by atoms with Gasteiger partial charge in [0.25, 0.3) is 0 Å². The molecule has 1 amide bonds. The summed E-state index contributed by atoms with van der Waals surface area (Å²) in [7, 11) is 0. The van der Waals surface area contributed by atoms with E-state index in [2.05, 4.69) is 79.9 Å². The summed E-state index contributed by atoms with van der Waals surface area (Å²) >= 11 is 0. The van der Waals surface area contributed by atoms with E-state index in [1.54, 1.807) is 0 Å². The van der Waals surface area contributed by atoms with Crippen molar-refractivity contribution in [2.75, 3.05) is 26.4 Å². The molecule has 3 heterocycles. The maximum absolute atomic E-state index is 13.3. The number of aliphatic hydroxyl groups excluding tert-OH is 11. The van der Waals surface area contributed by atoms with Gasteiger partial charge in [-0.2, -0.15) is 0 Å². The molecule has 3 aliphatic heterocycles. The van der Waals surface area contributed by atoms with Gasteiger partial charge in [0.15, 0.2) is 18.9 Å². The van der Waals surface area contributed by atoms with Crippen molar-refractivity contribution < 1.29 is 89.4 Å². The van der Waals surface area contributed by atoms with Gasteiger partial charge in [-0.1, -0.05) is 177 Å². The molecule has 458 valence electrons. The zero-order valence-electron chi connectivity index (χ0n) is 47.6. The van der Waals surface area contributed by atoms with Gasteiger partial charge in [0, 0.05) is 6.42 Å². The Bertz CT molecular complexity index is 1680. The molecule has 79 heavy (non-hydrogen) atoms. The van der Waals surface area contributed by atoms with E-state index in [0.717, 1.165) is 89.9 Å². The van der Waals surface area contributed by atoms with E-state index < -0.39 is 124 Å². The highest BCUT2D eigenvalue weighted by Crippen LogP contribution is 2.33. The Balaban J connectivity index is 1.43. The fourth-order valence-electron chi connectivity index (χ4n) is 9.93. The number of unbranched alkanes of at least 4 members (excludes halogenated alkanes) is 17.